The molecule has 7 heteroatoms. The van der Waals surface area contributed by atoms with Gasteiger partial charge in [0.25, 0.3) is 5.69 Å². The van der Waals surface area contributed by atoms with Crippen molar-refractivity contribution in [1.29, 1.82) is 5.26 Å². The van der Waals surface area contributed by atoms with Gasteiger partial charge in [0.2, 0.25) is 0 Å². The number of hydrogen-bond donors (Lipinski definition) is 2. The lowest BCUT2D eigenvalue weighted by Gasteiger charge is -2.23. The molecule has 1 aromatic rings. The molecule has 7 nitrogen and oxygen atoms in total. The van der Waals surface area contributed by atoms with Crippen molar-refractivity contribution >= 4 is 11.4 Å². The van der Waals surface area contributed by atoms with Crippen molar-refractivity contribution in [2.45, 2.75) is 18.9 Å². The molecule has 1 aliphatic heterocycles. The van der Waals surface area contributed by atoms with E-state index in [0.29, 0.717) is 24.9 Å². The first-order valence-corrected chi connectivity index (χ1v) is 6.95. The lowest BCUT2D eigenvalue weighted by atomic mass is 10.1. The van der Waals surface area contributed by atoms with E-state index in [0.717, 1.165) is 25.9 Å². The van der Waals surface area contributed by atoms with Crippen LogP contribution in [-0.2, 0) is 4.74 Å². The second-order valence-corrected chi connectivity index (χ2v) is 4.85. The number of nitrogens with zero attached hydrogens (tertiary/aromatic N) is 2. The summed E-state index contributed by atoms with van der Waals surface area (Å²) < 4.78 is 5.74. The van der Waals surface area contributed by atoms with Crippen molar-refractivity contribution in [1.82, 2.24) is 5.32 Å². The number of ether oxygens (including phenoxy) is 1. The molecule has 21 heavy (non-hydrogen) atoms. The highest BCUT2D eigenvalue weighted by Gasteiger charge is 2.15. The predicted octanol–water partition coefficient (Wildman–Crippen LogP) is 1.65. The fourth-order valence-electron chi connectivity index (χ4n) is 2.27. The van der Waals surface area contributed by atoms with E-state index in [1.54, 1.807) is 6.07 Å². The number of piperidine rings is 1. The third kappa shape index (κ3) is 4.41. The van der Waals surface area contributed by atoms with Crippen molar-refractivity contribution in [3.05, 3.63) is 33.9 Å². The van der Waals surface area contributed by atoms with Crippen molar-refractivity contribution in [2.24, 2.45) is 0 Å². The molecule has 2 rings (SSSR count). The van der Waals surface area contributed by atoms with E-state index in [-0.39, 0.29) is 11.3 Å². The Morgan fingerprint density at radius 1 is 1.48 bits per heavy atom. The van der Waals surface area contributed by atoms with Gasteiger partial charge < -0.3 is 15.4 Å². The number of nitro groups is 1. The lowest BCUT2D eigenvalue weighted by Crippen LogP contribution is -2.33. The summed E-state index contributed by atoms with van der Waals surface area (Å²) in [5.41, 5.74) is 0.507. The number of nitro benzene ring substituents is 1. The zero-order valence-corrected chi connectivity index (χ0v) is 11.7. The highest BCUT2D eigenvalue weighted by molar-refractivity contribution is 5.59. The number of rotatable bonds is 6. The molecule has 1 saturated heterocycles. The number of nitrogens with one attached hydrogen (secondary N) is 2. The van der Waals surface area contributed by atoms with Gasteiger partial charge >= 0.3 is 0 Å². The zero-order valence-electron chi connectivity index (χ0n) is 11.7. The highest BCUT2D eigenvalue weighted by atomic mass is 16.6. The summed E-state index contributed by atoms with van der Waals surface area (Å²) in [6.45, 7) is 3.10. The minimum atomic E-state index is -0.546. The van der Waals surface area contributed by atoms with Crippen LogP contribution in [0, 0.1) is 21.4 Å². The van der Waals surface area contributed by atoms with Crippen LogP contribution >= 0.6 is 0 Å². The smallest absolute Gasteiger partial charge is 0.289 e. The van der Waals surface area contributed by atoms with Crippen LogP contribution in [0.4, 0.5) is 11.4 Å². The maximum Gasteiger partial charge on any atom is 0.289 e. The van der Waals surface area contributed by atoms with E-state index in [2.05, 4.69) is 10.6 Å². The van der Waals surface area contributed by atoms with E-state index in [1.165, 1.54) is 12.1 Å². The molecular formula is C14H18N4O3. The van der Waals surface area contributed by atoms with Crippen LogP contribution in [0.5, 0.6) is 0 Å². The molecule has 0 aromatic heterocycles. The second-order valence-electron chi connectivity index (χ2n) is 4.85. The Kier molecular flexibility index (Phi) is 5.49. The van der Waals surface area contributed by atoms with Gasteiger partial charge in [0.15, 0.2) is 0 Å². The molecule has 0 atom stereocenters. The number of hydrogen-bond acceptors (Lipinski definition) is 6. The molecule has 2 N–H and O–H groups in total. The molecule has 1 aliphatic rings. The number of benzene rings is 1. The fourth-order valence-corrected chi connectivity index (χ4v) is 2.27. The first-order valence-electron chi connectivity index (χ1n) is 6.95. The van der Waals surface area contributed by atoms with Gasteiger partial charge in [-0.05, 0) is 38.1 Å². The third-order valence-electron chi connectivity index (χ3n) is 3.39. The van der Waals surface area contributed by atoms with Crippen LogP contribution in [0.25, 0.3) is 0 Å². The van der Waals surface area contributed by atoms with Crippen LogP contribution in [-0.4, -0.2) is 37.3 Å². The third-order valence-corrected chi connectivity index (χ3v) is 3.39. The maximum atomic E-state index is 10.9. The van der Waals surface area contributed by atoms with E-state index in [1.807, 2.05) is 6.07 Å². The first kappa shape index (κ1) is 15.2. The highest BCUT2D eigenvalue weighted by Crippen LogP contribution is 2.22. The monoisotopic (exact) mass is 290 g/mol. The molecule has 1 aromatic carbocycles. The summed E-state index contributed by atoms with van der Waals surface area (Å²) in [7, 11) is 0. The molecule has 0 saturated carbocycles. The van der Waals surface area contributed by atoms with Gasteiger partial charge in [-0.3, -0.25) is 10.1 Å². The number of anilines is 1. The molecule has 0 unspecified atom stereocenters. The molecule has 0 amide bonds. The second kappa shape index (κ2) is 7.57. The van der Waals surface area contributed by atoms with Crippen molar-refractivity contribution in [3.63, 3.8) is 0 Å². The molecule has 112 valence electrons. The SMILES string of the molecule is N#Cc1ccc(NCCOC2CCNCC2)cc1[N+](=O)[O-]. The minimum Gasteiger partial charge on any atom is -0.383 e. The summed E-state index contributed by atoms with van der Waals surface area (Å²) in [4.78, 5) is 10.3. The Bertz CT molecular complexity index is 536. The van der Waals surface area contributed by atoms with Gasteiger partial charge in [0, 0.05) is 18.3 Å². The minimum absolute atomic E-state index is 0.0662. The lowest BCUT2D eigenvalue weighted by molar-refractivity contribution is -0.385. The van der Waals surface area contributed by atoms with Gasteiger partial charge in [-0.1, -0.05) is 0 Å². The Hall–Kier alpha value is -2.17. The Morgan fingerprint density at radius 2 is 2.24 bits per heavy atom. The van der Waals surface area contributed by atoms with Crippen molar-refractivity contribution in [3.8, 4) is 6.07 Å². The van der Waals surface area contributed by atoms with Gasteiger partial charge in [0.1, 0.15) is 11.6 Å². The molecule has 0 radical (unpaired) electrons. The van der Waals surface area contributed by atoms with Crippen LogP contribution in [0.15, 0.2) is 18.2 Å². The fraction of sp³-hybridized carbons (Fsp3) is 0.500. The van der Waals surface area contributed by atoms with E-state index in [9.17, 15) is 10.1 Å². The van der Waals surface area contributed by atoms with Crippen LogP contribution in [0.1, 0.15) is 18.4 Å². The average Bonchev–Trinajstić information content (AvgIpc) is 2.52. The van der Waals surface area contributed by atoms with E-state index < -0.39 is 4.92 Å². The Morgan fingerprint density at radius 3 is 2.90 bits per heavy atom. The standard InChI is InChI=1S/C14H18N4O3/c15-10-11-1-2-12(9-14(11)18(19)20)17-7-8-21-13-3-5-16-6-4-13/h1-2,9,13,16-17H,3-8H2. The zero-order chi connectivity index (χ0) is 15.1. The van der Waals surface area contributed by atoms with Crippen LogP contribution in [0.2, 0.25) is 0 Å². The summed E-state index contributed by atoms with van der Waals surface area (Å²) in [6, 6.07) is 6.31. The molecule has 0 spiro atoms. The van der Waals surface area contributed by atoms with Gasteiger partial charge in [-0.15, -0.1) is 0 Å². The molecule has 0 bridgehead atoms. The topological polar surface area (TPSA) is 100 Å². The summed E-state index contributed by atoms with van der Waals surface area (Å²) >= 11 is 0. The first-order chi connectivity index (χ1) is 10.2. The maximum absolute atomic E-state index is 10.9. The Balaban J connectivity index is 1.81. The summed E-state index contributed by atoms with van der Waals surface area (Å²) in [5, 5.41) is 26.0. The average molecular weight is 290 g/mol. The molecule has 1 fully saturated rings. The predicted molar refractivity (Wildman–Crippen MR) is 78.1 cm³/mol. The molecule has 0 aliphatic carbocycles. The van der Waals surface area contributed by atoms with Crippen molar-refractivity contribution < 1.29 is 9.66 Å². The van der Waals surface area contributed by atoms with E-state index in [4.69, 9.17) is 10.00 Å². The quantitative estimate of drug-likeness (QED) is 0.469. The van der Waals surface area contributed by atoms with Gasteiger partial charge in [0.05, 0.1) is 17.6 Å². The largest absolute Gasteiger partial charge is 0.383 e. The Labute approximate surface area is 123 Å². The van der Waals surface area contributed by atoms with Gasteiger partial charge in [-0.2, -0.15) is 5.26 Å². The van der Waals surface area contributed by atoms with Crippen LogP contribution < -0.4 is 10.6 Å². The van der Waals surface area contributed by atoms with Crippen LogP contribution in [0.3, 0.4) is 0 Å². The summed E-state index contributed by atoms with van der Waals surface area (Å²) in [6.07, 6.45) is 2.33. The number of nitriles is 1. The summed E-state index contributed by atoms with van der Waals surface area (Å²) in [5.74, 6) is 0. The normalized spacial score (nSPS) is 15.4. The molecular weight excluding hydrogens is 272 g/mol. The van der Waals surface area contributed by atoms with Crippen molar-refractivity contribution in [2.75, 3.05) is 31.6 Å². The molecule has 1 heterocycles. The van der Waals surface area contributed by atoms with Gasteiger partial charge in [-0.25, -0.2) is 0 Å². The van der Waals surface area contributed by atoms with E-state index >= 15 is 0 Å².